The van der Waals surface area contributed by atoms with Crippen LogP contribution in [0.4, 0.5) is 4.39 Å². The Balaban J connectivity index is 1.60. The van der Waals surface area contributed by atoms with Crippen molar-refractivity contribution < 1.29 is 18.7 Å². The third-order valence-corrected chi connectivity index (χ3v) is 4.71. The molecule has 1 aromatic heterocycles. The minimum Gasteiger partial charge on any atom is -0.363 e. The molecule has 3 rings (SSSR count). The lowest BCUT2D eigenvalue weighted by Crippen LogP contribution is -2.49. The average molecular weight is 335 g/mol. The summed E-state index contributed by atoms with van der Waals surface area (Å²) in [5, 5.41) is 0. The van der Waals surface area contributed by atoms with E-state index in [0.29, 0.717) is 18.7 Å². The fraction of sp³-hybridized carbons (Fsp3) is 0.588. The maximum atomic E-state index is 12.9. The van der Waals surface area contributed by atoms with Crippen LogP contribution in [0.15, 0.2) is 18.3 Å². The number of amides is 2. The van der Waals surface area contributed by atoms with E-state index in [4.69, 9.17) is 4.74 Å². The second-order valence-electron chi connectivity index (χ2n) is 6.56. The smallest absolute Gasteiger partial charge is 0.251 e. The number of carbonyl (C=O) groups excluding carboxylic acids is 2. The standard InChI is InChI=1S/C17H22FN3O3/c1-20(2)17(23)15-6-5-13-14(24-15)7-8-21(13)16(22)9-12-4-3-11(18)10-19-12/h3-4,10,13-15H,5-9H2,1-2H3/t13-,14-,15+/m1/s1. The zero-order valence-electron chi connectivity index (χ0n) is 13.9. The van der Waals surface area contributed by atoms with Crippen molar-refractivity contribution in [3.8, 4) is 0 Å². The summed E-state index contributed by atoms with van der Waals surface area (Å²) in [4.78, 5) is 31.9. The van der Waals surface area contributed by atoms with Crippen LogP contribution in [-0.4, -0.2) is 65.5 Å². The predicted octanol–water partition coefficient (Wildman–Crippen LogP) is 1.000. The summed E-state index contributed by atoms with van der Waals surface area (Å²) in [6.07, 6.45) is 2.91. The molecule has 24 heavy (non-hydrogen) atoms. The van der Waals surface area contributed by atoms with Gasteiger partial charge in [-0.15, -0.1) is 0 Å². The Morgan fingerprint density at radius 2 is 2.12 bits per heavy atom. The molecule has 0 N–H and O–H groups in total. The van der Waals surface area contributed by atoms with Crippen molar-refractivity contribution in [2.45, 2.75) is 43.9 Å². The van der Waals surface area contributed by atoms with E-state index >= 15 is 0 Å². The summed E-state index contributed by atoms with van der Waals surface area (Å²) in [6.45, 7) is 0.623. The zero-order valence-corrected chi connectivity index (χ0v) is 13.9. The van der Waals surface area contributed by atoms with Gasteiger partial charge in [0.2, 0.25) is 5.91 Å². The summed E-state index contributed by atoms with van der Waals surface area (Å²) in [5.41, 5.74) is 0.558. The molecule has 2 amide bonds. The largest absolute Gasteiger partial charge is 0.363 e. The highest BCUT2D eigenvalue weighted by Gasteiger charge is 2.43. The third-order valence-electron chi connectivity index (χ3n) is 4.71. The molecular weight excluding hydrogens is 313 g/mol. The molecule has 3 atom stereocenters. The number of hydrogen-bond acceptors (Lipinski definition) is 4. The first kappa shape index (κ1) is 16.8. The molecule has 6 nitrogen and oxygen atoms in total. The van der Waals surface area contributed by atoms with Gasteiger partial charge >= 0.3 is 0 Å². The molecule has 0 radical (unpaired) electrons. The Labute approximate surface area is 140 Å². The van der Waals surface area contributed by atoms with Gasteiger partial charge < -0.3 is 14.5 Å². The number of halogens is 1. The van der Waals surface area contributed by atoms with Gasteiger partial charge in [0.25, 0.3) is 5.91 Å². The average Bonchev–Trinajstić information content (AvgIpc) is 2.99. The number of ether oxygens (including phenoxy) is 1. The van der Waals surface area contributed by atoms with E-state index in [9.17, 15) is 14.0 Å². The van der Waals surface area contributed by atoms with Crippen LogP contribution >= 0.6 is 0 Å². The van der Waals surface area contributed by atoms with Crippen LogP contribution in [0.2, 0.25) is 0 Å². The molecular formula is C17H22FN3O3. The molecule has 2 saturated heterocycles. The topological polar surface area (TPSA) is 62.7 Å². The molecule has 2 fully saturated rings. The minimum atomic E-state index is -0.412. The van der Waals surface area contributed by atoms with Gasteiger partial charge in [0, 0.05) is 26.3 Å². The van der Waals surface area contributed by atoms with Crippen LogP contribution in [0, 0.1) is 5.82 Å². The summed E-state index contributed by atoms with van der Waals surface area (Å²) < 4.78 is 18.8. The quantitative estimate of drug-likeness (QED) is 0.827. The highest BCUT2D eigenvalue weighted by molar-refractivity contribution is 5.81. The highest BCUT2D eigenvalue weighted by Crippen LogP contribution is 2.32. The van der Waals surface area contributed by atoms with Crippen molar-refractivity contribution in [2.75, 3.05) is 20.6 Å². The number of pyridine rings is 1. The molecule has 0 bridgehead atoms. The molecule has 1 aromatic rings. The fourth-order valence-corrected chi connectivity index (χ4v) is 3.47. The van der Waals surface area contributed by atoms with E-state index in [1.807, 2.05) is 4.90 Å². The van der Waals surface area contributed by atoms with Gasteiger partial charge in [0.05, 0.1) is 24.8 Å². The van der Waals surface area contributed by atoms with Crippen LogP contribution in [-0.2, 0) is 20.7 Å². The first-order valence-corrected chi connectivity index (χ1v) is 8.22. The predicted molar refractivity (Wildman–Crippen MR) is 84.6 cm³/mol. The van der Waals surface area contributed by atoms with Gasteiger partial charge in [-0.05, 0) is 31.4 Å². The Morgan fingerprint density at radius 1 is 1.33 bits per heavy atom. The number of nitrogens with zero attached hydrogens (tertiary/aromatic N) is 3. The number of hydrogen-bond donors (Lipinski definition) is 0. The Bertz CT molecular complexity index is 620. The maximum absolute atomic E-state index is 12.9. The lowest BCUT2D eigenvalue weighted by molar-refractivity contribution is -0.153. The molecule has 2 aliphatic rings. The van der Waals surface area contributed by atoms with Gasteiger partial charge in [0.15, 0.2) is 0 Å². The normalized spacial score (nSPS) is 26.1. The molecule has 0 unspecified atom stereocenters. The van der Waals surface area contributed by atoms with E-state index in [0.717, 1.165) is 19.0 Å². The van der Waals surface area contributed by atoms with Gasteiger partial charge in [-0.2, -0.15) is 0 Å². The van der Waals surface area contributed by atoms with Gasteiger partial charge in [0.1, 0.15) is 11.9 Å². The molecule has 130 valence electrons. The molecule has 0 aromatic carbocycles. The van der Waals surface area contributed by atoms with E-state index < -0.39 is 11.9 Å². The number of rotatable bonds is 3. The van der Waals surface area contributed by atoms with Crippen molar-refractivity contribution in [1.29, 1.82) is 0 Å². The van der Waals surface area contributed by atoms with E-state index in [1.165, 1.54) is 12.1 Å². The zero-order chi connectivity index (χ0) is 17.3. The summed E-state index contributed by atoms with van der Waals surface area (Å²) in [5.74, 6) is -0.457. The van der Waals surface area contributed by atoms with E-state index in [1.54, 1.807) is 19.0 Å². The number of aromatic nitrogens is 1. The van der Waals surface area contributed by atoms with E-state index in [2.05, 4.69) is 4.98 Å². The fourth-order valence-electron chi connectivity index (χ4n) is 3.47. The Hall–Kier alpha value is -2.02. The monoisotopic (exact) mass is 335 g/mol. The second-order valence-corrected chi connectivity index (χ2v) is 6.56. The Kier molecular flexibility index (Phi) is 4.80. The van der Waals surface area contributed by atoms with Crippen LogP contribution in [0.1, 0.15) is 25.0 Å². The van der Waals surface area contributed by atoms with Crippen LogP contribution in [0.5, 0.6) is 0 Å². The lowest BCUT2D eigenvalue weighted by atomic mass is 9.98. The van der Waals surface area contributed by atoms with Crippen molar-refractivity contribution in [2.24, 2.45) is 0 Å². The van der Waals surface area contributed by atoms with Crippen LogP contribution in [0.25, 0.3) is 0 Å². The summed E-state index contributed by atoms with van der Waals surface area (Å²) >= 11 is 0. The molecule has 0 saturated carbocycles. The van der Waals surface area contributed by atoms with Crippen molar-refractivity contribution in [3.63, 3.8) is 0 Å². The summed E-state index contributed by atoms with van der Waals surface area (Å²) in [6, 6.07) is 2.86. The molecule has 3 heterocycles. The number of carbonyl (C=O) groups is 2. The first-order chi connectivity index (χ1) is 11.5. The van der Waals surface area contributed by atoms with Gasteiger partial charge in [-0.3, -0.25) is 14.6 Å². The maximum Gasteiger partial charge on any atom is 0.251 e. The Morgan fingerprint density at radius 3 is 2.79 bits per heavy atom. The molecule has 0 spiro atoms. The minimum absolute atomic E-state index is 0.0177. The van der Waals surface area contributed by atoms with Gasteiger partial charge in [-0.25, -0.2) is 4.39 Å². The molecule has 7 heteroatoms. The molecule has 0 aliphatic carbocycles. The summed E-state index contributed by atoms with van der Waals surface area (Å²) in [7, 11) is 3.44. The van der Waals surface area contributed by atoms with Crippen molar-refractivity contribution in [3.05, 3.63) is 29.8 Å². The van der Waals surface area contributed by atoms with Crippen LogP contribution in [0.3, 0.4) is 0 Å². The lowest BCUT2D eigenvalue weighted by Gasteiger charge is -2.36. The van der Waals surface area contributed by atoms with Crippen molar-refractivity contribution >= 4 is 11.8 Å². The van der Waals surface area contributed by atoms with Crippen molar-refractivity contribution in [1.82, 2.24) is 14.8 Å². The van der Waals surface area contributed by atoms with E-state index in [-0.39, 0.29) is 30.4 Å². The molecule has 2 aliphatic heterocycles. The number of likely N-dealkylation sites (N-methyl/N-ethyl adjacent to an activating group) is 1. The third kappa shape index (κ3) is 3.40. The highest BCUT2D eigenvalue weighted by atomic mass is 19.1. The first-order valence-electron chi connectivity index (χ1n) is 8.22. The SMILES string of the molecule is CN(C)C(=O)[C@@H]1CC[C@@H]2[C@@H](CCN2C(=O)Cc2ccc(F)cn2)O1. The van der Waals surface area contributed by atoms with Crippen LogP contribution < -0.4 is 0 Å². The second kappa shape index (κ2) is 6.84. The number of likely N-dealkylation sites (tertiary alicyclic amines) is 1. The van der Waals surface area contributed by atoms with Gasteiger partial charge in [-0.1, -0.05) is 0 Å². The number of fused-ring (bicyclic) bond motifs is 1.